The van der Waals surface area contributed by atoms with Crippen molar-refractivity contribution in [3.63, 3.8) is 0 Å². The second-order valence-corrected chi connectivity index (χ2v) is 7.43. The Morgan fingerprint density at radius 2 is 1.82 bits per heavy atom. The van der Waals surface area contributed by atoms with E-state index in [2.05, 4.69) is 57.4 Å². The zero-order valence-corrected chi connectivity index (χ0v) is 15.9. The van der Waals surface area contributed by atoms with E-state index in [4.69, 9.17) is 9.15 Å². The van der Waals surface area contributed by atoms with E-state index in [0.29, 0.717) is 5.75 Å². The van der Waals surface area contributed by atoms with Crippen LogP contribution in [0.4, 0.5) is 0 Å². The van der Waals surface area contributed by atoms with Gasteiger partial charge in [-0.2, -0.15) is 0 Å². The number of benzene rings is 1. The van der Waals surface area contributed by atoms with Crippen molar-refractivity contribution in [1.82, 2.24) is 0 Å². The Labute approximate surface area is 146 Å². The molecule has 0 atom stereocenters. The molecular weight excluding hydrogens is 416 g/mol. The highest BCUT2D eigenvalue weighted by Crippen LogP contribution is 2.39. The largest absolute Gasteiger partial charge is 0.463 e. The van der Waals surface area contributed by atoms with Crippen molar-refractivity contribution in [2.45, 2.75) is 26.2 Å². The Bertz CT molecular complexity index is 699. The molecule has 118 valence electrons. The highest BCUT2D eigenvalue weighted by Gasteiger charge is 2.20. The number of ether oxygens (including phenoxy) is 2. The van der Waals surface area contributed by atoms with E-state index in [9.17, 15) is 4.79 Å². The van der Waals surface area contributed by atoms with E-state index in [1.807, 2.05) is 12.1 Å². The summed E-state index contributed by atoms with van der Waals surface area (Å²) in [7, 11) is 1.30. The lowest BCUT2D eigenvalue weighted by atomic mass is 9.87. The third-order valence-corrected chi connectivity index (χ3v) is 4.28. The maximum Gasteiger partial charge on any atom is 0.374 e. The fourth-order valence-electron chi connectivity index (χ4n) is 1.88. The number of methoxy groups -OCH3 is 1. The molecule has 22 heavy (non-hydrogen) atoms. The van der Waals surface area contributed by atoms with Crippen LogP contribution in [0.2, 0.25) is 0 Å². The van der Waals surface area contributed by atoms with E-state index in [1.165, 1.54) is 13.2 Å². The van der Waals surface area contributed by atoms with Crippen LogP contribution in [0.1, 0.15) is 36.9 Å². The molecule has 0 saturated carbocycles. The molecule has 6 heteroatoms. The number of hydrogen-bond acceptors (Lipinski definition) is 4. The Morgan fingerprint density at radius 3 is 2.41 bits per heavy atom. The quantitative estimate of drug-likeness (QED) is 0.586. The molecule has 0 spiro atoms. The molecule has 0 aliphatic rings. The maximum atomic E-state index is 11.4. The minimum atomic E-state index is -0.542. The van der Waals surface area contributed by atoms with Gasteiger partial charge in [0.1, 0.15) is 5.75 Å². The topological polar surface area (TPSA) is 48.7 Å². The number of esters is 1. The molecule has 0 radical (unpaired) electrons. The van der Waals surface area contributed by atoms with Crippen LogP contribution >= 0.6 is 31.9 Å². The van der Waals surface area contributed by atoms with Gasteiger partial charge in [0.25, 0.3) is 5.95 Å². The van der Waals surface area contributed by atoms with E-state index in [1.54, 1.807) is 6.07 Å². The van der Waals surface area contributed by atoms with Crippen molar-refractivity contribution in [3.8, 4) is 11.7 Å². The summed E-state index contributed by atoms with van der Waals surface area (Å²) in [5.74, 6) is 0.393. The minimum Gasteiger partial charge on any atom is -0.463 e. The average Bonchev–Trinajstić information content (AvgIpc) is 2.88. The lowest BCUT2D eigenvalue weighted by Gasteiger charge is -2.22. The molecule has 2 rings (SSSR count). The monoisotopic (exact) mass is 430 g/mol. The van der Waals surface area contributed by atoms with Gasteiger partial charge in [-0.05, 0) is 45.1 Å². The molecule has 0 saturated heterocycles. The van der Waals surface area contributed by atoms with Gasteiger partial charge in [-0.25, -0.2) is 4.79 Å². The number of hydrogen-bond donors (Lipinski definition) is 0. The van der Waals surface area contributed by atoms with Gasteiger partial charge in [0.15, 0.2) is 0 Å². The molecule has 0 bridgehead atoms. The zero-order valence-electron chi connectivity index (χ0n) is 12.7. The number of halogens is 2. The van der Waals surface area contributed by atoms with Crippen LogP contribution in [0.15, 0.2) is 37.6 Å². The summed E-state index contributed by atoms with van der Waals surface area (Å²) in [5, 5.41) is 0. The second kappa shape index (κ2) is 6.46. The summed E-state index contributed by atoms with van der Waals surface area (Å²) in [4.78, 5) is 11.4. The summed E-state index contributed by atoms with van der Waals surface area (Å²) in [6, 6.07) is 6.96. The summed E-state index contributed by atoms with van der Waals surface area (Å²) in [6.45, 7) is 6.35. The fraction of sp³-hybridized carbons (Fsp3) is 0.312. The number of rotatable bonds is 3. The van der Waals surface area contributed by atoms with Crippen molar-refractivity contribution in [2.24, 2.45) is 0 Å². The van der Waals surface area contributed by atoms with Crippen molar-refractivity contribution in [1.29, 1.82) is 0 Å². The summed E-state index contributed by atoms with van der Waals surface area (Å²) in [5.41, 5.74) is 1.06. The second-order valence-electron chi connectivity index (χ2n) is 5.72. The van der Waals surface area contributed by atoms with Crippen molar-refractivity contribution < 1.29 is 18.7 Å². The first-order valence-corrected chi connectivity index (χ1v) is 8.16. The van der Waals surface area contributed by atoms with Crippen molar-refractivity contribution in [2.75, 3.05) is 7.11 Å². The first-order valence-electron chi connectivity index (χ1n) is 6.58. The van der Waals surface area contributed by atoms with Gasteiger partial charge >= 0.3 is 5.97 Å². The molecule has 0 fully saturated rings. The summed E-state index contributed by atoms with van der Waals surface area (Å²) in [6.07, 6.45) is 0. The van der Waals surface area contributed by atoms with E-state index >= 15 is 0 Å². The Morgan fingerprint density at radius 1 is 1.14 bits per heavy atom. The van der Waals surface area contributed by atoms with Crippen LogP contribution < -0.4 is 4.74 Å². The first-order chi connectivity index (χ1) is 10.2. The summed E-state index contributed by atoms with van der Waals surface area (Å²) < 4.78 is 17.4. The van der Waals surface area contributed by atoms with Gasteiger partial charge in [-0.15, -0.1) is 0 Å². The standard InChI is InChI=1S/C16H16Br2O4/c1-16(2,3)9-7-13(11(18)8-10(9)17)22-14-6-5-12(21-14)15(19)20-4/h5-8H,1-4H3. The van der Waals surface area contributed by atoms with Crippen LogP contribution in [0.3, 0.4) is 0 Å². The van der Waals surface area contributed by atoms with E-state index in [0.717, 1.165) is 14.5 Å². The lowest BCUT2D eigenvalue weighted by molar-refractivity contribution is 0.0560. The van der Waals surface area contributed by atoms with E-state index < -0.39 is 5.97 Å². The van der Waals surface area contributed by atoms with Crippen LogP contribution in [0.25, 0.3) is 0 Å². The average molecular weight is 432 g/mol. The van der Waals surface area contributed by atoms with Crippen LogP contribution in [0, 0.1) is 0 Å². The molecule has 0 N–H and O–H groups in total. The molecular formula is C16H16Br2O4. The third kappa shape index (κ3) is 3.73. The molecule has 1 heterocycles. The van der Waals surface area contributed by atoms with Gasteiger partial charge in [0.2, 0.25) is 5.76 Å². The lowest BCUT2D eigenvalue weighted by Crippen LogP contribution is -2.12. The smallest absolute Gasteiger partial charge is 0.374 e. The molecule has 0 aliphatic carbocycles. The van der Waals surface area contributed by atoms with Gasteiger partial charge in [-0.3, -0.25) is 0 Å². The molecule has 1 aromatic heterocycles. The van der Waals surface area contributed by atoms with Crippen molar-refractivity contribution >= 4 is 37.8 Å². The Hall–Kier alpha value is -1.27. The number of furan rings is 1. The molecule has 0 amide bonds. The van der Waals surface area contributed by atoms with E-state index in [-0.39, 0.29) is 17.1 Å². The van der Waals surface area contributed by atoms with Gasteiger partial charge in [0.05, 0.1) is 11.6 Å². The Kier molecular flexibility index (Phi) is 5.02. The Balaban J connectivity index is 2.33. The third-order valence-electron chi connectivity index (χ3n) is 3.01. The van der Waals surface area contributed by atoms with Gasteiger partial charge < -0.3 is 13.9 Å². The van der Waals surface area contributed by atoms with Crippen LogP contribution in [-0.2, 0) is 10.2 Å². The normalized spacial score (nSPS) is 11.4. The molecule has 0 aliphatic heterocycles. The molecule has 0 unspecified atom stereocenters. The maximum absolute atomic E-state index is 11.4. The molecule has 4 nitrogen and oxygen atoms in total. The predicted octanol–water partition coefficient (Wildman–Crippen LogP) is 5.68. The van der Waals surface area contributed by atoms with Gasteiger partial charge in [-0.1, -0.05) is 36.7 Å². The molecule has 2 aromatic rings. The highest BCUT2D eigenvalue weighted by atomic mass is 79.9. The van der Waals surface area contributed by atoms with Crippen LogP contribution in [-0.4, -0.2) is 13.1 Å². The number of carbonyl (C=O) groups excluding carboxylic acids is 1. The van der Waals surface area contributed by atoms with Gasteiger partial charge in [0, 0.05) is 10.5 Å². The minimum absolute atomic E-state index is 0.0437. The number of carbonyl (C=O) groups is 1. The van der Waals surface area contributed by atoms with Crippen molar-refractivity contribution in [3.05, 3.63) is 44.5 Å². The predicted molar refractivity (Wildman–Crippen MR) is 90.7 cm³/mol. The zero-order chi connectivity index (χ0) is 16.5. The molecule has 1 aromatic carbocycles. The van der Waals surface area contributed by atoms with Crippen LogP contribution in [0.5, 0.6) is 11.7 Å². The first kappa shape index (κ1) is 17.1. The fourth-order valence-corrected chi connectivity index (χ4v) is 3.55. The summed E-state index contributed by atoms with van der Waals surface area (Å²) >= 11 is 7.03. The SMILES string of the molecule is COC(=O)c1ccc(Oc2cc(C(C)(C)C)c(Br)cc2Br)o1. The highest BCUT2D eigenvalue weighted by molar-refractivity contribution is 9.11.